The van der Waals surface area contributed by atoms with Gasteiger partial charge in [0.25, 0.3) is 0 Å². The van der Waals surface area contributed by atoms with Crippen molar-refractivity contribution in [1.82, 2.24) is 0 Å². The fourth-order valence-corrected chi connectivity index (χ4v) is 5.13. The van der Waals surface area contributed by atoms with Crippen LogP contribution in [-0.4, -0.2) is 62.3 Å². The Labute approximate surface area is 195 Å². The van der Waals surface area contributed by atoms with Crippen molar-refractivity contribution in [3.05, 3.63) is 42.0 Å². The SMILES string of the molecule is O=C(O)CCCCC=CCC1C(O)CC(O)C1SCC(O)COc1cccc(C(F)(F)F)c1. The van der Waals surface area contributed by atoms with Crippen molar-refractivity contribution in [1.29, 1.82) is 0 Å². The van der Waals surface area contributed by atoms with E-state index in [1.807, 2.05) is 12.2 Å². The standard InChI is InChI=1S/C23H31F3O6S/c24-23(25,26)15-7-6-8-17(11-15)32-13-16(27)14-33-22-18(19(28)12-20(22)29)9-4-2-1-3-5-10-21(30)31/h2,4,6-8,11,16,18-20,22,27-29H,1,3,5,9-10,12-14H2,(H,30,31). The molecule has 6 nitrogen and oxygen atoms in total. The van der Waals surface area contributed by atoms with Crippen LogP contribution in [0, 0.1) is 5.92 Å². The van der Waals surface area contributed by atoms with E-state index in [2.05, 4.69) is 0 Å². The first kappa shape index (κ1) is 27.5. The van der Waals surface area contributed by atoms with Crippen molar-refractivity contribution >= 4 is 17.7 Å². The van der Waals surface area contributed by atoms with Gasteiger partial charge in [0.2, 0.25) is 0 Å². The molecule has 0 saturated heterocycles. The van der Waals surface area contributed by atoms with Gasteiger partial charge in [0, 0.05) is 29.8 Å². The second kappa shape index (κ2) is 13.2. The predicted molar refractivity (Wildman–Crippen MR) is 119 cm³/mol. The van der Waals surface area contributed by atoms with Crippen molar-refractivity contribution in [3.63, 3.8) is 0 Å². The first-order chi connectivity index (χ1) is 15.6. The number of aliphatic carboxylic acids is 1. The Bertz CT molecular complexity index is 773. The predicted octanol–water partition coefficient (Wildman–Crippen LogP) is 3.88. The van der Waals surface area contributed by atoms with Gasteiger partial charge >= 0.3 is 12.1 Å². The largest absolute Gasteiger partial charge is 0.491 e. The molecule has 5 atom stereocenters. The lowest BCUT2D eigenvalue weighted by Gasteiger charge is -2.23. The van der Waals surface area contributed by atoms with Crippen LogP contribution in [0.3, 0.4) is 0 Å². The average molecular weight is 493 g/mol. The monoisotopic (exact) mass is 492 g/mol. The normalized spacial score (nSPS) is 24.3. The van der Waals surface area contributed by atoms with E-state index in [4.69, 9.17) is 9.84 Å². The van der Waals surface area contributed by atoms with Crippen LogP contribution in [0.4, 0.5) is 13.2 Å². The van der Waals surface area contributed by atoms with Crippen molar-refractivity contribution in [2.24, 2.45) is 5.92 Å². The summed E-state index contributed by atoms with van der Waals surface area (Å²) in [5.74, 6) is -0.805. The molecular formula is C23H31F3O6S. The highest BCUT2D eigenvalue weighted by Crippen LogP contribution is 2.38. The summed E-state index contributed by atoms with van der Waals surface area (Å²) in [6.45, 7) is -0.194. The van der Waals surface area contributed by atoms with Gasteiger partial charge < -0.3 is 25.2 Å². The third kappa shape index (κ3) is 9.56. The van der Waals surface area contributed by atoms with E-state index >= 15 is 0 Å². The number of carboxylic acid groups (broad SMARTS) is 1. The number of rotatable bonds is 13. The second-order valence-electron chi connectivity index (χ2n) is 8.17. The summed E-state index contributed by atoms with van der Waals surface area (Å²) in [6.07, 6.45) is 0.0573. The molecule has 0 aliphatic heterocycles. The van der Waals surface area contributed by atoms with Crippen LogP contribution in [0.5, 0.6) is 5.75 Å². The number of alkyl halides is 3. The molecular weight excluding hydrogens is 461 g/mol. The second-order valence-corrected chi connectivity index (χ2v) is 9.38. The summed E-state index contributed by atoms with van der Waals surface area (Å²) in [6, 6.07) is 4.44. The molecule has 1 aliphatic rings. The lowest BCUT2D eigenvalue weighted by Crippen LogP contribution is -2.28. The molecule has 5 unspecified atom stereocenters. The molecule has 0 aromatic heterocycles. The van der Waals surface area contributed by atoms with Gasteiger partial charge in [-0.3, -0.25) is 4.79 Å². The van der Waals surface area contributed by atoms with Gasteiger partial charge in [-0.15, -0.1) is 0 Å². The molecule has 186 valence electrons. The van der Waals surface area contributed by atoms with E-state index in [-0.39, 0.29) is 42.1 Å². The highest BCUT2D eigenvalue weighted by atomic mass is 32.2. The molecule has 0 amide bonds. The number of hydrogen-bond donors (Lipinski definition) is 4. The Balaban J connectivity index is 1.77. The molecule has 1 aromatic rings. The van der Waals surface area contributed by atoms with Crippen molar-refractivity contribution in [2.75, 3.05) is 12.4 Å². The van der Waals surface area contributed by atoms with E-state index in [1.165, 1.54) is 23.9 Å². The summed E-state index contributed by atoms with van der Waals surface area (Å²) in [7, 11) is 0. The van der Waals surface area contributed by atoms with Crippen molar-refractivity contribution in [2.45, 2.75) is 68.3 Å². The van der Waals surface area contributed by atoms with Crippen molar-refractivity contribution < 1.29 is 43.1 Å². The summed E-state index contributed by atoms with van der Waals surface area (Å²) in [5, 5.41) is 39.1. The molecule has 1 saturated carbocycles. The third-order valence-corrected chi connectivity index (χ3v) is 7.08. The quantitative estimate of drug-likeness (QED) is 0.245. The molecule has 0 bridgehead atoms. The van der Waals surface area contributed by atoms with Crippen LogP contribution >= 0.6 is 11.8 Å². The number of carboxylic acids is 1. The molecule has 1 aliphatic carbocycles. The zero-order valence-corrected chi connectivity index (χ0v) is 19.0. The molecule has 0 spiro atoms. The number of carbonyl (C=O) groups is 1. The van der Waals surface area contributed by atoms with Gasteiger partial charge in [-0.2, -0.15) is 24.9 Å². The fraction of sp³-hybridized carbons (Fsp3) is 0.609. The lowest BCUT2D eigenvalue weighted by molar-refractivity contribution is -0.138. The van der Waals surface area contributed by atoms with Crippen LogP contribution < -0.4 is 4.74 Å². The van der Waals surface area contributed by atoms with Gasteiger partial charge in [0.05, 0.1) is 23.9 Å². The average Bonchev–Trinajstić information content (AvgIpc) is 3.01. The van der Waals surface area contributed by atoms with Gasteiger partial charge in [0.15, 0.2) is 0 Å². The first-order valence-electron chi connectivity index (χ1n) is 10.9. The van der Waals surface area contributed by atoms with E-state index in [9.17, 15) is 33.3 Å². The molecule has 10 heteroatoms. The minimum Gasteiger partial charge on any atom is -0.491 e. The van der Waals surface area contributed by atoms with Crippen LogP contribution in [-0.2, 0) is 11.0 Å². The number of unbranched alkanes of at least 4 members (excludes halogenated alkanes) is 2. The Morgan fingerprint density at radius 1 is 1.21 bits per heavy atom. The lowest BCUT2D eigenvalue weighted by atomic mass is 10.0. The molecule has 0 heterocycles. The maximum absolute atomic E-state index is 12.8. The Morgan fingerprint density at radius 3 is 2.67 bits per heavy atom. The van der Waals surface area contributed by atoms with E-state index in [1.54, 1.807) is 0 Å². The van der Waals surface area contributed by atoms with E-state index in [0.717, 1.165) is 25.0 Å². The molecule has 33 heavy (non-hydrogen) atoms. The zero-order chi connectivity index (χ0) is 24.4. The van der Waals surface area contributed by atoms with Crippen LogP contribution in [0.2, 0.25) is 0 Å². The highest BCUT2D eigenvalue weighted by Gasteiger charge is 2.41. The highest BCUT2D eigenvalue weighted by molar-refractivity contribution is 8.00. The number of halogens is 3. The Morgan fingerprint density at radius 2 is 1.97 bits per heavy atom. The van der Waals surface area contributed by atoms with Gasteiger partial charge in [-0.05, 0) is 43.9 Å². The number of benzene rings is 1. The fourth-order valence-electron chi connectivity index (χ4n) is 3.72. The number of ether oxygens (including phenoxy) is 1. The van der Waals surface area contributed by atoms with Gasteiger partial charge in [-0.25, -0.2) is 0 Å². The number of hydrogen-bond acceptors (Lipinski definition) is 6. The summed E-state index contributed by atoms with van der Waals surface area (Å²) in [4.78, 5) is 10.5. The zero-order valence-electron chi connectivity index (χ0n) is 18.2. The molecule has 2 rings (SSSR count). The number of aliphatic hydroxyl groups is 3. The smallest absolute Gasteiger partial charge is 0.416 e. The Kier molecular flexibility index (Phi) is 11.0. The van der Waals surface area contributed by atoms with E-state index < -0.39 is 36.0 Å². The van der Waals surface area contributed by atoms with Crippen LogP contribution in [0.15, 0.2) is 36.4 Å². The maximum Gasteiger partial charge on any atom is 0.416 e. The van der Waals surface area contributed by atoms with Crippen LogP contribution in [0.1, 0.15) is 44.1 Å². The number of allylic oxidation sites excluding steroid dienone is 2. The number of aliphatic hydroxyl groups excluding tert-OH is 3. The molecule has 1 aromatic carbocycles. The minimum absolute atomic E-state index is 0.0107. The summed E-state index contributed by atoms with van der Waals surface area (Å²) >= 11 is 1.31. The number of thioether (sulfide) groups is 1. The van der Waals surface area contributed by atoms with Crippen LogP contribution in [0.25, 0.3) is 0 Å². The van der Waals surface area contributed by atoms with Gasteiger partial charge in [-0.1, -0.05) is 18.2 Å². The molecule has 1 fully saturated rings. The summed E-state index contributed by atoms with van der Waals surface area (Å²) < 4.78 is 43.6. The topological polar surface area (TPSA) is 107 Å². The summed E-state index contributed by atoms with van der Waals surface area (Å²) in [5.41, 5.74) is -0.829. The molecule has 4 N–H and O–H groups in total. The Hall–Kier alpha value is -1.75. The van der Waals surface area contributed by atoms with E-state index in [0.29, 0.717) is 12.8 Å². The van der Waals surface area contributed by atoms with Gasteiger partial charge in [0.1, 0.15) is 12.4 Å². The first-order valence-corrected chi connectivity index (χ1v) is 12.0. The van der Waals surface area contributed by atoms with Crippen molar-refractivity contribution in [3.8, 4) is 5.75 Å². The molecule has 0 radical (unpaired) electrons. The minimum atomic E-state index is -4.48. The maximum atomic E-state index is 12.8. The third-order valence-electron chi connectivity index (χ3n) is 5.45.